The summed E-state index contributed by atoms with van der Waals surface area (Å²) in [7, 11) is 0. The number of unbranched alkanes of at least 4 members (excludes halogenated alkanes) is 28. The lowest BCUT2D eigenvalue weighted by Gasteiger charge is -2.12. The zero-order chi connectivity index (χ0) is 63.7. The van der Waals surface area contributed by atoms with Crippen molar-refractivity contribution in [2.24, 2.45) is 0 Å². The average molecular weight is 1260 g/mol. The molecule has 0 unspecified atom stereocenters. The lowest BCUT2D eigenvalue weighted by molar-refractivity contribution is 0.304. The number of H-pyrrole nitrogens is 2. The minimum atomic E-state index is 0.724. The number of rotatable bonds is 46. The summed E-state index contributed by atoms with van der Waals surface area (Å²) >= 11 is 8.81. The van der Waals surface area contributed by atoms with Crippen LogP contribution in [-0.4, -0.2) is 44.7 Å². The first-order chi connectivity index (χ1) is 44.2. The molecule has 6 nitrogen and oxygen atoms in total. The Kier molecular flexibility index (Phi) is 33.3. The zero-order valence-corrected chi connectivity index (χ0v) is 59.9. The molecular formula is C82H122N4O2S2. The maximum absolute atomic E-state index is 6.72. The number of aromatic nitrogens is 4. The molecule has 0 spiro atoms. The van der Waals surface area contributed by atoms with Crippen LogP contribution in [0.15, 0.2) is 60.7 Å². The Labute approximate surface area is 559 Å². The Morgan fingerprint density at radius 3 is 1.03 bits per heavy atom. The molecule has 0 atom stereocenters. The van der Waals surface area contributed by atoms with Gasteiger partial charge in [0.15, 0.2) is 0 Å². The number of nitrogens with zero attached hydrogens (tertiary/aromatic N) is 2. The molecule has 5 heterocycles. The minimum Gasteiger partial charge on any atom is -0.494 e. The lowest BCUT2D eigenvalue weighted by atomic mass is 9.93. The molecule has 90 heavy (non-hydrogen) atoms. The van der Waals surface area contributed by atoms with E-state index < -0.39 is 0 Å². The van der Waals surface area contributed by atoms with E-state index in [0.717, 1.165) is 145 Å². The molecule has 8 bridgehead atoms. The molecule has 7 rings (SSSR count). The summed E-state index contributed by atoms with van der Waals surface area (Å²) in [5.41, 5.74) is 24.4. The number of ether oxygens (including phenoxy) is 2. The number of aryl methyl sites for hydroxylation is 4. The molecule has 0 radical (unpaired) electrons. The fourth-order valence-electron chi connectivity index (χ4n) is 14.0. The summed E-state index contributed by atoms with van der Waals surface area (Å²) in [5, 5.41) is 0. The summed E-state index contributed by atoms with van der Waals surface area (Å²) in [6.07, 6.45) is 46.0. The van der Waals surface area contributed by atoms with Crippen molar-refractivity contribution < 1.29 is 9.47 Å². The molecule has 3 aromatic heterocycles. The number of nitrogens with one attached hydrogen (secondary N) is 2. The average Bonchev–Trinajstić information content (AvgIpc) is 1.60. The predicted molar refractivity (Wildman–Crippen MR) is 401 cm³/mol. The maximum Gasteiger partial charge on any atom is 0.119 e. The Morgan fingerprint density at radius 1 is 0.367 bits per heavy atom. The van der Waals surface area contributed by atoms with E-state index in [9.17, 15) is 0 Å². The van der Waals surface area contributed by atoms with E-state index >= 15 is 0 Å². The van der Waals surface area contributed by atoms with Crippen LogP contribution in [-0.2, 0) is 12.8 Å². The quantitative estimate of drug-likeness (QED) is 0.0231. The van der Waals surface area contributed by atoms with Gasteiger partial charge in [0, 0.05) is 22.2 Å². The molecule has 8 heteroatoms. The van der Waals surface area contributed by atoms with Gasteiger partial charge in [0.1, 0.15) is 11.5 Å². The molecule has 2 aliphatic heterocycles. The van der Waals surface area contributed by atoms with Crippen LogP contribution in [0.25, 0.3) is 66.6 Å². The second-order valence-electron chi connectivity index (χ2n) is 26.8. The van der Waals surface area contributed by atoms with Gasteiger partial charge in [-0.05, 0) is 208 Å². The van der Waals surface area contributed by atoms with E-state index in [1.165, 1.54) is 246 Å². The first kappa shape index (κ1) is 72.8. The maximum atomic E-state index is 6.72. The number of aromatic amines is 2. The third kappa shape index (κ3) is 21.7. The Hall–Kier alpha value is -4.66. The van der Waals surface area contributed by atoms with Gasteiger partial charge in [-0.3, -0.25) is 0 Å². The van der Waals surface area contributed by atoms with Crippen molar-refractivity contribution in [2.45, 2.75) is 299 Å². The molecule has 2 N–H and O–H groups in total. The second kappa shape index (κ2) is 41.1. The minimum absolute atomic E-state index is 0.724. The number of fused-ring (bicyclic) bond motifs is 8. The van der Waals surface area contributed by atoms with Crippen molar-refractivity contribution in [1.29, 1.82) is 0 Å². The molecule has 5 aromatic rings. The van der Waals surface area contributed by atoms with Crippen LogP contribution in [0.5, 0.6) is 11.5 Å². The normalized spacial score (nSPS) is 12.6. The largest absolute Gasteiger partial charge is 0.494 e. The van der Waals surface area contributed by atoms with Gasteiger partial charge in [-0.1, -0.05) is 219 Å². The number of hydrogen-bond acceptors (Lipinski definition) is 6. The van der Waals surface area contributed by atoms with Gasteiger partial charge in [-0.2, -0.15) is 25.3 Å². The van der Waals surface area contributed by atoms with E-state index in [1.807, 2.05) is 0 Å². The SMILES string of the molecule is CCCCCCC1=C(C)c2nc1cc1[nH]c(c(C)c1CCCCCC)c(-c1cccc(OCCCCCCCCCCCS)c1)c1nc(cc3[nH]c(c(C)c3CCCCCC)c2-c2cccc(OCCCCCCCCCCCS)c2)C(CCCCCC)=C1C. The summed E-state index contributed by atoms with van der Waals surface area (Å²) in [4.78, 5) is 20.5. The highest BCUT2D eigenvalue weighted by molar-refractivity contribution is 7.80. The van der Waals surface area contributed by atoms with Crippen LogP contribution in [0.4, 0.5) is 0 Å². The fraction of sp³-hybridized carbons (Fsp3) is 0.610. The van der Waals surface area contributed by atoms with Crippen molar-refractivity contribution in [1.82, 2.24) is 19.9 Å². The highest BCUT2D eigenvalue weighted by Crippen LogP contribution is 2.45. The van der Waals surface area contributed by atoms with E-state index in [0.29, 0.717) is 0 Å². The third-order valence-electron chi connectivity index (χ3n) is 19.6. The van der Waals surface area contributed by atoms with Gasteiger partial charge in [-0.15, -0.1) is 0 Å². The summed E-state index contributed by atoms with van der Waals surface area (Å²) in [6.45, 7) is 20.2. The standard InChI is InChI=1S/C82H122N4O2S2/c1-9-13-17-35-49-69-61(5)79-77(65-45-43-47-67(57-65)87-53-39-31-27-23-21-25-29-33-41-55-89)80-63(7)71(51-37-19-15-11-3)75(85-80)60-76-72(52-38-20-16-12-4)64(8)82(86-76)78(81-62(6)70(50-36-18-14-10-2)74(84-81)59-73(69)83-79)66-46-44-48-68(58-66)88-54-40-32-28-24-22-26-30-34-42-56-90/h43-48,57-60,83,86,89-90H,9-42,49-56H2,1-8H3. The van der Waals surface area contributed by atoms with E-state index in [4.69, 9.17) is 19.4 Å². The van der Waals surface area contributed by atoms with Crippen molar-refractivity contribution in [3.05, 3.63) is 106 Å². The highest BCUT2D eigenvalue weighted by atomic mass is 32.1. The van der Waals surface area contributed by atoms with E-state index in [1.54, 1.807) is 0 Å². The molecule has 2 aliphatic rings. The van der Waals surface area contributed by atoms with Gasteiger partial charge in [-0.25, -0.2) is 9.97 Å². The molecule has 494 valence electrons. The topological polar surface area (TPSA) is 75.8 Å². The zero-order valence-electron chi connectivity index (χ0n) is 58.1. The molecule has 2 aromatic carbocycles. The van der Waals surface area contributed by atoms with E-state index in [2.05, 4.69) is 151 Å². The molecular weight excluding hydrogens is 1140 g/mol. The Morgan fingerprint density at radius 2 is 0.689 bits per heavy atom. The lowest BCUT2D eigenvalue weighted by Crippen LogP contribution is -1.98. The van der Waals surface area contributed by atoms with Crippen LogP contribution in [0.3, 0.4) is 0 Å². The fourth-order valence-corrected chi connectivity index (χ4v) is 14.5. The number of thiol groups is 2. The summed E-state index contributed by atoms with van der Waals surface area (Å²) in [6, 6.07) is 22.9. The van der Waals surface area contributed by atoms with Crippen molar-refractivity contribution in [2.75, 3.05) is 24.7 Å². The number of benzene rings is 2. The molecule has 0 aliphatic carbocycles. The summed E-state index contributed by atoms with van der Waals surface area (Å²) in [5.74, 6) is 3.87. The molecule has 0 amide bonds. The smallest absolute Gasteiger partial charge is 0.119 e. The van der Waals surface area contributed by atoms with Crippen LogP contribution in [0.2, 0.25) is 0 Å². The predicted octanol–water partition coefficient (Wildman–Crippen LogP) is 26.0. The Balaban J connectivity index is 1.45. The van der Waals surface area contributed by atoms with Crippen molar-refractivity contribution in [3.63, 3.8) is 0 Å². The van der Waals surface area contributed by atoms with Gasteiger partial charge in [0.05, 0.1) is 47.0 Å². The van der Waals surface area contributed by atoms with Crippen LogP contribution >= 0.6 is 25.3 Å². The first-order valence-corrected chi connectivity index (χ1v) is 38.3. The number of hydrogen-bond donors (Lipinski definition) is 4. The van der Waals surface area contributed by atoms with Gasteiger partial charge >= 0.3 is 0 Å². The second-order valence-corrected chi connectivity index (χ2v) is 27.7. The van der Waals surface area contributed by atoms with Crippen LogP contribution in [0, 0.1) is 13.8 Å². The monoisotopic (exact) mass is 1260 g/mol. The van der Waals surface area contributed by atoms with Crippen molar-refractivity contribution >= 4 is 69.6 Å². The van der Waals surface area contributed by atoms with E-state index in [-0.39, 0.29) is 0 Å². The van der Waals surface area contributed by atoms with Crippen LogP contribution < -0.4 is 9.47 Å². The summed E-state index contributed by atoms with van der Waals surface area (Å²) < 4.78 is 13.4. The third-order valence-corrected chi connectivity index (χ3v) is 20.2. The first-order valence-electron chi connectivity index (χ1n) is 37.1. The van der Waals surface area contributed by atoms with Gasteiger partial charge in [0.2, 0.25) is 0 Å². The Bertz CT molecular complexity index is 2970. The molecule has 0 saturated heterocycles. The van der Waals surface area contributed by atoms with Crippen LogP contribution in [0.1, 0.15) is 318 Å². The number of allylic oxidation sites excluding steroid dienone is 4. The van der Waals surface area contributed by atoms with Gasteiger partial charge in [0.25, 0.3) is 0 Å². The highest BCUT2D eigenvalue weighted by Gasteiger charge is 2.27. The van der Waals surface area contributed by atoms with Gasteiger partial charge < -0.3 is 19.4 Å². The van der Waals surface area contributed by atoms with Crippen molar-refractivity contribution in [3.8, 4) is 33.8 Å². The molecule has 0 saturated carbocycles. The molecule has 0 fully saturated rings.